The summed E-state index contributed by atoms with van der Waals surface area (Å²) < 4.78 is 7.84. The molecular weight excluding hydrogens is 414 g/mol. The maximum Gasteiger partial charge on any atom is 0.274 e. The molecule has 0 aliphatic carbocycles. The summed E-state index contributed by atoms with van der Waals surface area (Å²) in [6, 6.07) is 7.52. The molecule has 0 radical (unpaired) electrons. The zero-order valence-corrected chi connectivity index (χ0v) is 18.0. The minimum absolute atomic E-state index is 0.0740. The van der Waals surface area contributed by atoms with E-state index in [1.165, 1.54) is 0 Å². The van der Waals surface area contributed by atoms with Crippen LogP contribution in [0, 0.1) is 0 Å². The summed E-state index contributed by atoms with van der Waals surface area (Å²) in [7, 11) is 1.77. The van der Waals surface area contributed by atoms with Gasteiger partial charge in [0.1, 0.15) is 5.69 Å². The fourth-order valence-electron chi connectivity index (χ4n) is 4.51. The zero-order chi connectivity index (χ0) is 21.4. The fourth-order valence-corrected chi connectivity index (χ4v) is 5.17. The molecule has 5 rings (SSSR count). The molecule has 0 saturated carbocycles. The van der Waals surface area contributed by atoms with Crippen molar-refractivity contribution in [1.29, 1.82) is 0 Å². The summed E-state index contributed by atoms with van der Waals surface area (Å²) in [5, 5.41) is 8.31. The predicted octanol–water partition coefficient (Wildman–Crippen LogP) is 1.91. The second-order valence-corrected chi connectivity index (χ2v) is 8.78. The Balaban J connectivity index is 1.49. The number of aryl methyl sites for hydroxylation is 1. The normalized spacial score (nSPS) is 23.6. The standard InChI is InChI=1S/C22H23N5O3S/c1-25-7-4-19(24-25)20(28)27-13-18(17-3-2-6-23-11-17)22(15-27)21(29)26(8-9-30-22)12-16-5-10-31-14-16/h2-7,10-11,14,18H,8-9,12-13,15H2,1H3/t18-,22-/m0/s1. The Labute approximate surface area is 184 Å². The van der Waals surface area contributed by atoms with Gasteiger partial charge >= 0.3 is 0 Å². The number of rotatable bonds is 4. The Hall–Kier alpha value is -3.04. The van der Waals surface area contributed by atoms with Crippen LogP contribution in [-0.2, 0) is 23.1 Å². The molecule has 2 fully saturated rings. The number of amides is 2. The van der Waals surface area contributed by atoms with Gasteiger partial charge in [0, 0.05) is 51.2 Å². The van der Waals surface area contributed by atoms with Gasteiger partial charge < -0.3 is 14.5 Å². The first-order valence-corrected chi connectivity index (χ1v) is 11.1. The minimum Gasteiger partial charge on any atom is -0.361 e. The molecule has 0 N–H and O–H groups in total. The number of aromatic nitrogens is 3. The van der Waals surface area contributed by atoms with E-state index >= 15 is 0 Å². The molecular formula is C22H23N5O3S. The van der Waals surface area contributed by atoms with Crippen molar-refractivity contribution in [2.75, 3.05) is 26.2 Å². The van der Waals surface area contributed by atoms with Gasteiger partial charge in [-0.15, -0.1) is 0 Å². The van der Waals surface area contributed by atoms with Gasteiger partial charge in [0.2, 0.25) is 0 Å². The minimum atomic E-state index is -1.12. The van der Waals surface area contributed by atoms with Gasteiger partial charge in [0.15, 0.2) is 5.60 Å². The molecule has 3 aromatic heterocycles. The Bertz CT molecular complexity index is 1080. The van der Waals surface area contributed by atoms with Crippen LogP contribution < -0.4 is 0 Å². The van der Waals surface area contributed by atoms with Crippen molar-refractivity contribution in [3.63, 3.8) is 0 Å². The predicted molar refractivity (Wildman–Crippen MR) is 115 cm³/mol. The van der Waals surface area contributed by atoms with Crippen LogP contribution in [-0.4, -0.2) is 68.2 Å². The van der Waals surface area contributed by atoms with E-state index in [9.17, 15) is 9.59 Å². The van der Waals surface area contributed by atoms with Gasteiger partial charge in [0.05, 0.1) is 13.2 Å². The maximum atomic E-state index is 13.8. The number of hydrogen-bond donors (Lipinski definition) is 0. The van der Waals surface area contributed by atoms with E-state index in [-0.39, 0.29) is 24.3 Å². The molecule has 2 amide bonds. The monoisotopic (exact) mass is 437 g/mol. The Kier molecular flexibility index (Phi) is 5.07. The highest BCUT2D eigenvalue weighted by molar-refractivity contribution is 7.07. The van der Waals surface area contributed by atoms with Gasteiger partial charge in [-0.2, -0.15) is 16.4 Å². The molecule has 0 unspecified atom stereocenters. The first-order valence-electron chi connectivity index (χ1n) is 10.2. The topological polar surface area (TPSA) is 80.6 Å². The lowest BCUT2D eigenvalue weighted by atomic mass is 9.83. The quantitative estimate of drug-likeness (QED) is 0.623. The lowest BCUT2D eigenvalue weighted by Crippen LogP contribution is -2.60. The van der Waals surface area contributed by atoms with Crippen molar-refractivity contribution in [2.45, 2.75) is 18.1 Å². The fraction of sp³-hybridized carbons (Fsp3) is 0.364. The number of carbonyl (C=O) groups is 2. The van der Waals surface area contributed by atoms with E-state index in [0.717, 1.165) is 11.1 Å². The third-order valence-electron chi connectivity index (χ3n) is 6.02. The number of nitrogens with zero attached hydrogens (tertiary/aromatic N) is 5. The van der Waals surface area contributed by atoms with E-state index in [2.05, 4.69) is 15.5 Å². The molecule has 2 aliphatic heterocycles. The van der Waals surface area contributed by atoms with Crippen LogP contribution in [0.5, 0.6) is 0 Å². The molecule has 3 aromatic rings. The van der Waals surface area contributed by atoms with Gasteiger partial charge in [0.25, 0.3) is 11.8 Å². The number of thiophene rings is 1. The molecule has 2 aliphatic rings. The number of ether oxygens (including phenoxy) is 1. The van der Waals surface area contributed by atoms with Crippen LogP contribution in [0.2, 0.25) is 0 Å². The summed E-state index contributed by atoms with van der Waals surface area (Å²) in [6.07, 6.45) is 5.20. The molecule has 1 spiro atoms. The van der Waals surface area contributed by atoms with Gasteiger partial charge in [-0.05, 0) is 40.1 Å². The number of pyridine rings is 1. The van der Waals surface area contributed by atoms with Crippen molar-refractivity contribution < 1.29 is 14.3 Å². The Morgan fingerprint density at radius 1 is 1.35 bits per heavy atom. The van der Waals surface area contributed by atoms with Crippen LogP contribution in [0.1, 0.15) is 27.5 Å². The molecule has 9 heteroatoms. The molecule has 8 nitrogen and oxygen atoms in total. The lowest BCUT2D eigenvalue weighted by molar-refractivity contribution is -0.172. The summed E-state index contributed by atoms with van der Waals surface area (Å²) in [5.74, 6) is -0.570. The van der Waals surface area contributed by atoms with Crippen LogP contribution in [0.15, 0.2) is 53.6 Å². The molecule has 160 valence electrons. The van der Waals surface area contributed by atoms with E-state index in [1.54, 1.807) is 52.6 Å². The van der Waals surface area contributed by atoms with Crippen molar-refractivity contribution in [3.05, 3.63) is 70.4 Å². The second-order valence-electron chi connectivity index (χ2n) is 8.00. The highest BCUT2D eigenvalue weighted by Crippen LogP contribution is 2.42. The second kappa shape index (κ2) is 7.90. The third-order valence-corrected chi connectivity index (χ3v) is 6.75. The van der Waals surface area contributed by atoms with Crippen molar-refractivity contribution in [1.82, 2.24) is 24.6 Å². The maximum absolute atomic E-state index is 13.8. The molecule has 31 heavy (non-hydrogen) atoms. The van der Waals surface area contributed by atoms with Gasteiger partial charge in [-0.3, -0.25) is 19.3 Å². The van der Waals surface area contributed by atoms with Crippen molar-refractivity contribution in [3.8, 4) is 0 Å². The van der Waals surface area contributed by atoms with Crippen LogP contribution in [0.4, 0.5) is 0 Å². The number of hydrogen-bond acceptors (Lipinski definition) is 6. The van der Waals surface area contributed by atoms with E-state index in [0.29, 0.717) is 31.9 Å². The number of morpholine rings is 1. The first-order chi connectivity index (χ1) is 15.1. The summed E-state index contributed by atoms with van der Waals surface area (Å²) in [6.45, 7) is 2.07. The smallest absolute Gasteiger partial charge is 0.274 e. The van der Waals surface area contributed by atoms with Gasteiger partial charge in [-0.1, -0.05) is 6.07 Å². The Morgan fingerprint density at radius 3 is 2.97 bits per heavy atom. The first kappa shape index (κ1) is 19.9. The average molecular weight is 438 g/mol. The largest absolute Gasteiger partial charge is 0.361 e. The molecule has 2 saturated heterocycles. The number of likely N-dealkylation sites (tertiary alicyclic amines) is 1. The van der Waals surface area contributed by atoms with Crippen LogP contribution >= 0.6 is 11.3 Å². The van der Waals surface area contributed by atoms with E-state index in [1.807, 2.05) is 28.5 Å². The molecule has 0 aromatic carbocycles. The van der Waals surface area contributed by atoms with E-state index < -0.39 is 5.60 Å². The molecule has 0 bridgehead atoms. The highest BCUT2D eigenvalue weighted by Gasteiger charge is 2.58. The van der Waals surface area contributed by atoms with E-state index in [4.69, 9.17) is 4.74 Å². The highest BCUT2D eigenvalue weighted by atomic mass is 32.1. The molecule has 5 heterocycles. The SMILES string of the molecule is Cn1ccc(C(=O)N2C[C@@H](c3cccnc3)[C@]3(C2)OCCN(Cc2ccsc2)C3=O)n1. The summed E-state index contributed by atoms with van der Waals surface area (Å²) in [4.78, 5) is 34.7. The third kappa shape index (κ3) is 3.53. The van der Waals surface area contributed by atoms with Crippen molar-refractivity contribution in [2.24, 2.45) is 7.05 Å². The lowest BCUT2D eigenvalue weighted by Gasteiger charge is -2.42. The van der Waals surface area contributed by atoms with Crippen LogP contribution in [0.3, 0.4) is 0 Å². The van der Waals surface area contributed by atoms with Crippen molar-refractivity contribution >= 4 is 23.2 Å². The summed E-state index contributed by atoms with van der Waals surface area (Å²) >= 11 is 1.62. The van der Waals surface area contributed by atoms with Gasteiger partial charge in [-0.25, -0.2) is 0 Å². The Morgan fingerprint density at radius 2 is 2.26 bits per heavy atom. The molecule has 2 atom stereocenters. The number of carbonyl (C=O) groups excluding carboxylic acids is 2. The average Bonchev–Trinajstić information content (AvgIpc) is 3.53. The van der Waals surface area contributed by atoms with Crippen LogP contribution in [0.25, 0.3) is 0 Å². The zero-order valence-electron chi connectivity index (χ0n) is 17.2. The summed E-state index contributed by atoms with van der Waals surface area (Å²) in [5.41, 5.74) is 1.24.